The van der Waals surface area contributed by atoms with Crippen LogP contribution in [0.1, 0.15) is 56.1 Å². The van der Waals surface area contributed by atoms with Crippen molar-refractivity contribution >= 4 is 17.3 Å². The maximum absolute atomic E-state index is 6.50. The van der Waals surface area contributed by atoms with E-state index in [4.69, 9.17) is 30.4 Å². The van der Waals surface area contributed by atoms with E-state index in [-0.39, 0.29) is 17.6 Å². The van der Waals surface area contributed by atoms with Gasteiger partial charge in [0.25, 0.3) is 0 Å². The number of fused-ring (bicyclic) bond motifs is 2. The zero-order chi connectivity index (χ0) is 25.1. The lowest BCUT2D eigenvalue weighted by atomic mass is 9.73. The molecular weight excluding hydrogens is 468 g/mol. The summed E-state index contributed by atoms with van der Waals surface area (Å²) in [6, 6.07) is 4.20. The van der Waals surface area contributed by atoms with Gasteiger partial charge in [-0.1, -0.05) is 6.92 Å². The van der Waals surface area contributed by atoms with E-state index >= 15 is 0 Å². The van der Waals surface area contributed by atoms with E-state index < -0.39 is 0 Å². The van der Waals surface area contributed by atoms with Crippen LogP contribution in [-0.2, 0) is 11.3 Å². The fourth-order valence-electron chi connectivity index (χ4n) is 6.28. The SMILES string of the molecule is C[C@@H]1OCC2(CCN(c3cnc4c(n3)CN=C4N3CC[C@H](C)c4nc(-c5ncn[nH]5)ccc43)CC2)[C@@H]1N. The summed E-state index contributed by atoms with van der Waals surface area (Å²) in [4.78, 5) is 28.6. The molecule has 3 N–H and O–H groups in total. The highest BCUT2D eigenvalue weighted by Gasteiger charge is 2.47. The van der Waals surface area contributed by atoms with Gasteiger partial charge < -0.3 is 20.3 Å². The largest absolute Gasteiger partial charge is 0.376 e. The Kier molecular flexibility index (Phi) is 5.26. The minimum atomic E-state index is 0.0937. The quantitative estimate of drug-likeness (QED) is 0.543. The molecule has 0 amide bonds. The summed E-state index contributed by atoms with van der Waals surface area (Å²) in [5.74, 6) is 2.83. The Morgan fingerprint density at radius 2 is 1.97 bits per heavy atom. The van der Waals surface area contributed by atoms with Crippen molar-refractivity contribution in [2.24, 2.45) is 16.1 Å². The van der Waals surface area contributed by atoms with Gasteiger partial charge in [-0.15, -0.1) is 0 Å². The summed E-state index contributed by atoms with van der Waals surface area (Å²) in [6.45, 7) is 8.32. The molecule has 11 nitrogen and oxygen atoms in total. The van der Waals surface area contributed by atoms with Gasteiger partial charge >= 0.3 is 0 Å². The lowest BCUT2D eigenvalue weighted by Gasteiger charge is -2.41. The zero-order valence-electron chi connectivity index (χ0n) is 21.3. The molecule has 192 valence electrons. The Balaban J connectivity index is 1.12. The lowest BCUT2D eigenvalue weighted by Crippen LogP contribution is -2.50. The van der Waals surface area contributed by atoms with Crippen molar-refractivity contribution in [1.29, 1.82) is 0 Å². The third-order valence-corrected chi connectivity index (χ3v) is 8.71. The van der Waals surface area contributed by atoms with Crippen LogP contribution in [0.3, 0.4) is 0 Å². The van der Waals surface area contributed by atoms with E-state index in [1.165, 1.54) is 6.33 Å². The number of rotatable bonds is 2. The topological polar surface area (TPSA) is 134 Å². The number of H-pyrrole nitrogens is 1. The average Bonchev–Trinajstić information content (AvgIpc) is 3.67. The predicted molar refractivity (Wildman–Crippen MR) is 140 cm³/mol. The molecule has 0 aromatic carbocycles. The Hall–Kier alpha value is -3.44. The second-order valence-corrected chi connectivity index (χ2v) is 10.8. The van der Waals surface area contributed by atoms with Crippen molar-refractivity contribution in [3.8, 4) is 11.5 Å². The molecule has 4 aliphatic rings. The molecule has 4 aliphatic heterocycles. The summed E-state index contributed by atoms with van der Waals surface area (Å²) >= 11 is 0. The summed E-state index contributed by atoms with van der Waals surface area (Å²) < 4.78 is 5.88. The smallest absolute Gasteiger partial charge is 0.174 e. The number of ether oxygens (including phenoxy) is 1. The molecule has 1 spiro atoms. The van der Waals surface area contributed by atoms with E-state index in [0.29, 0.717) is 18.3 Å². The third kappa shape index (κ3) is 3.63. The van der Waals surface area contributed by atoms with E-state index in [1.54, 1.807) is 0 Å². The van der Waals surface area contributed by atoms with Gasteiger partial charge in [-0.05, 0) is 38.3 Å². The first-order valence-corrected chi connectivity index (χ1v) is 13.2. The molecule has 7 heterocycles. The van der Waals surface area contributed by atoms with Crippen LogP contribution in [0.5, 0.6) is 0 Å². The standard InChI is InChI=1S/C26H32N10O/c1-15-5-8-36(19-4-3-17(33-21(15)19)24-30-14-31-34-24)25-22-18(11-29-25)32-20(12-28-22)35-9-6-26(7-10-35)13-37-16(2)23(26)27/h3-4,12,14-16,23H,5-11,13,27H2,1-2H3,(H,30,31,34)/t15-,16-,23+/m0/s1. The van der Waals surface area contributed by atoms with Crippen molar-refractivity contribution in [3.05, 3.63) is 41.7 Å². The summed E-state index contributed by atoms with van der Waals surface area (Å²) in [5.41, 5.74) is 11.3. The molecule has 3 aromatic heterocycles. The highest BCUT2D eigenvalue weighted by Crippen LogP contribution is 2.42. The highest BCUT2D eigenvalue weighted by atomic mass is 16.5. The van der Waals surface area contributed by atoms with E-state index in [2.05, 4.69) is 44.9 Å². The van der Waals surface area contributed by atoms with E-state index in [1.807, 2.05) is 12.3 Å². The van der Waals surface area contributed by atoms with Gasteiger partial charge in [0.15, 0.2) is 11.7 Å². The van der Waals surface area contributed by atoms with Crippen LogP contribution in [0.15, 0.2) is 29.6 Å². The van der Waals surface area contributed by atoms with E-state index in [0.717, 1.165) is 85.6 Å². The molecule has 2 saturated heterocycles. The van der Waals surface area contributed by atoms with Gasteiger partial charge in [-0.2, -0.15) is 5.10 Å². The molecule has 11 heteroatoms. The molecule has 0 radical (unpaired) electrons. The predicted octanol–water partition coefficient (Wildman–Crippen LogP) is 2.26. The van der Waals surface area contributed by atoms with Crippen LogP contribution >= 0.6 is 0 Å². The minimum absolute atomic E-state index is 0.0937. The molecule has 3 atom stereocenters. The number of aromatic amines is 1. The molecule has 7 rings (SSSR count). The van der Waals surface area contributed by atoms with Crippen molar-refractivity contribution < 1.29 is 4.74 Å². The number of hydrogen-bond donors (Lipinski definition) is 2. The second kappa shape index (κ2) is 8.56. The molecule has 0 saturated carbocycles. The highest BCUT2D eigenvalue weighted by molar-refractivity contribution is 6.11. The van der Waals surface area contributed by atoms with Gasteiger partial charge in [-0.25, -0.2) is 19.9 Å². The summed E-state index contributed by atoms with van der Waals surface area (Å²) in [7, 11) is 0. The number of nitrogens with two attached hydrogens (primary N) is 1. The first-order valence-electron chi connectivity index (χ1n) is 13.2. The molecule has 2 fully saturated rings. The number of hydrogen-bond acceptors (Lipinski definition) is 10. The van der Waals surface area contributed by atoms with Crippen molar-refractivity contribution in [2.75, 3.05) is 36.0 Å². The van der Waals surface area contributed by atoms with Crippen LogP contribution in [0.25, 0.3) is 11.5 Å². The normalized spacial score (nSPS) is 26.4. The van der Waals surface area contributed by atoms with Gasteiger partial charge in [0.2, 0.25) is 0 Å². The Labute approximate surface area is 215 Å². The fraction of sp³-hybridized carbons (Fsp3) is 0.538. The van der Waals surface area contributed by atoms with Crippen molar-refractivity contribution in [2.45, 2.75) is 57.7 Å². The molecule has 37 heavy (non-hydrogen) atoms. The maximum Gasteiger partial charge on any atom is 0.174 e. The van der Waals surface area contributed by atoms with Crippen molar-refractivity contribution in [1.82, 2.24) is 30.1 Å². The minimum Gasteiger partial charge on any atom is -0.376 e. The fourth-order valence-corrected chi connectivity index (χ4v) is 6.28. The molecular formula is C26H32N10O. The number of piperidine rings is 1. The van der Waals surface area contributed by atoms with Crippen LogP contribution in [0, 0.1) is 5.41 Å². The van der Waals surface area contributed by atoms with Crippen LogP contribution in [0.2, 0.25) is 0 Å². The van der Waals surface area contributed by atoms with Crippen LogP contribution in [-0.4, -0.2) is 74.4 Å². The van der Waals surface area contributed by atoms with Crippen LogP contribution < -0.4 is 15.5 Å². The van der Waals surface area contributed by atoms with E-state index in [9.17, 15) is 0 Å². The Morgan fingerprint density at radius 3 is 2.73 bits per heavy atom. The first kappa shape index (κ1) is 22.7. The van der Waals surface area contributed by atoms with Gasteiger partial charge in [0.1, 0.15) is 23.5 Å². The second-order valence-electron chi connectivity index (χ2n) is 10.8. The average molecular weight is 501 g/mol. The monoisotopic (exact) mass is 500 g/mol. The summed E-state index contributed by atoms with van der Waals surface area (Å²) in [6.07, 6.45) is 6.57. The van der Waals surface area contributed by atoms with Gasteiger partial charge in [-0.3, -0.25) is 10.1 Å². The molecule has 3 aromatic rings. The number of anilines is 2. The zero-order valence-corrected chi connectivity index (χ0v) is 21.3. The Morgan fingerprint density at radius 1 is 1.11 bits per heavy atom. The summed E-state index contributed by atoms with van der Waals surface area (Å²) in [5, 5.41) is 6.87. The number of nitrogens with one attached hydrogen (secondary N) is 1. The molecule has 0 bridgehead atoms. The number of aliphatic imine (C=N–C) groups is 1. The van der Waals surface area contributed by atoms with Gasteiger partial charge in [0, 0.05) is 37.0 Å². The number of nitrogens with zero attached hydrogens (tertiary/aromatic N) is 8. The lowest BCUT2D eigenvalue weighted by molar-refractivity contribution is 0.0974. The van der Waals surface area contributed by atoms with Crippen LogP contribution in [0.4, 0.5) is 11.5 Å². The molecule has 0 unspecified atom stereocenters. The Bertz CT molecular complexity index is 1350. The maximum atomic E-state index is 6.50. The third-order valence-electron chi connectivity index (χ3n) is 8.71. The van der Waals surface area contributed by atoms with Crippen molar-refractivity contribution in [3.63, 3.8) is 0 Å². The first-order chi connectivity index (χ1) is 18.0. The molecule has 0 aliphatic carbocycles. The number of aromatic nitrogens is 6. The number of pyridine rings is 1. The van der Waals surface area contributed by atoms with Gasteiger partial charge in [0.05, 0.1) is 42.5 Å². The number of amidine groups is 1.